The van der Waals surface area contributed by atoms with E-state index in [1.165, 1.54) is 74.5 Å². The first-order chi connectivity index (χ1) is 58.0. The molecule has 106 heavy (non-hydrogen) atoms. The van der Waals surface area contributed by atoms with Crippen molar-refractivity contribution in [3.8, 4) is 22.3 Å². The van der Waals surface area contributed by atoms with Crippen molar-refractivity contribution in [3.63, 3.8) is 0 Å². The van der Waals surface area contributed by atoms with Gasteiger partial charge in [0.05, 0.1) is 56.3 Å². The Morgan fingerprint density at radius 1 is 0.547 bits per heavy atom. The number of carbonyl (C=O) groups is 2. The fourth-order valence-electron chi connectivity index (χ4n) is 12.6. The van der Waals surface area contributed by atoms with E-state index in [1.54, 1.807) is 29.2 Å². The summed E-state index contributed by atoms with van der Waals surface area (Å²) in [7, 11) is -5.17. The van der Waals surface area contributed by atoms with Gasteiger partial charge < -0.3 is 49.1 Å². The lowest BCUT2D eigenvalue weighted by Gasteiger charge is -2.40. The molecule has 0 radical (unpaired) electrons. The largest absolute Gasteiger partial charge is 0.416 e. The van der Waals surface area contributed by atoms with Gasteiger partial charge in [-0.05, 0) is 133 Å². The first kappa shape index (κ1) is 57.7. The molecule has 0 saturated carbocycles. The van der Waals surface area contributed by atoms with Crippen LogP contribution in [0.25, 0.3) is 22.3 Å². The molecule has 2 N–H and O–H groups in total. The van der Waals surface area contributed by atoms with E-state index in [2.05, 4.69) is 0 Å². The Morgan fingerprint density at radius 2 is 0.953 bits per heavy atom. The van der Waals surface area contributed by atoms with Crippen molar-refractivity contribution in [2.75, 3.05) is 89.4 Å². The molecule has 0 aromatic heterocycles. The third-order valence-corrected chi connectivity index (χ3v) is 20.2. The predicted molar refractivity (Wildman–Crippen MR) is 396 cm³/mol. The Bertz CT molecular complexity index is 5300. The van der Waals surface area contributed by atoms with E-state index in [-0.39, 0.29) is 119 Å². The van der Waals surface area contributed by atoms with Gasteiger partial charge in [-0.3, -0.25) is 9.59 Å². The van der Waals surface area contributed by atoms with Crippen LogP contribution in [0, 0.1) is 37.1 Å². The van der Waals surface area contributed by atoms with Crippen LogP contribution in [0.2, 0.25) is 0 Å². The Labute approximate surface area is 645 Å². The number of ether oxygens (including phenoxy) is 2. The van der Waals surface area contributed by atoms with E-state index in [4.69, 9.17) is 31.4 Å². The maximum atomic E-state index is 15.1. The number of aliphatic hydroxyl groups is 2. The molecule has 24 heteroatoms. The minimum absolute atomic E-state index is 0.00363. The zero-order valence-electron chi connectivity index (χ0n) is 75.1. The van der Waals surface area contributed by atoms with Gasteiger partial charge >= 0.3 is 12.4 Å². The number of fused-ring (bicyclic) bond motifs is 2. The number of carbonyl (C=O) groups excluding carboxylic acids is 2. The second kappa shape index (κ2) is 35.5. The van der Waals surface area contributed by atoms with Gasteiger partial charge in [0.25, 0.3) is 0 Å². The van der Waals surface area contributed by atoms with Crippen molar-refractivity contribution in [3.05, 3.63) is 271 Å². The summed E-state index contributed by atoms with van der Waals surface area (Å²) in [4.78, 5) is 38.6. The number of nitrogens with zero attached hydrogens (tertiary/aromatic N) is 6. The van der Waals surface area contributed by atoms with E-state index in [0.717, 1.165) is 75.0 Å². The molecule has 2 saturated heterocycles. The number of methoxy groups -OCH3 is 2. The van der Waals surface area contributed by atoms with Gasteiger partial charge in [-0.1, -0.05) is 132 Å². The Hall–Kier alpha value is -8.46. The molecule has 12 rings (SSSR count). The third kappa shape index (κ3) is 19.8. The average molecular weight is 1520 g/mol. The number of anilines is 2. The van der Waals surface area contributed by atoms with Crippen LogP contribution in [0.5, 0.6) is 0 Å². The molecule has 0 aliphatic carbocycles. The highest BCUT2D eigenvalue weighted by Crippen LogP contribution is 2.44. The number of alkyl halides is 6. The van der Waals surface area contributed by atoms with E-state index < -0.39 is 169 Å². The molecule has 4 aliphatic heterocycles. The number of hydrogen-bond acceptors (Lipinski definition) is 12. The van der Waals surface area contributed by atoms with Gasteiger partial charge in [-0.2, -0.15) is 26.3 Å². The van der Waals surface area contributed by atoms with Crippen LogP contribution in [0.3, 0.4) is 0 Å². The monoisotopic (exact) mass is 1520 g/mol. The summed E-state index contributed by atoms with van der Waals surface area (Å²) in [6.07, 6.45) is -11.6. The maximum absolute atomic E-state index is 15.1. The highest BCUT2D eigenvalue weighted by Gasteiger charge is 2.37. The molecule has 0 bridgehead atoms. The van der Waals surface area contributed by atoms with Gasteiger partial charge in [0.1, 0.15) is 25.3 Å². The molecule has 4 aliphatic rings. The lowest BCUT2D eigenvalue weighted by Crippen LogP contribution is -2.50. The van der Waals surface area contributed by atoms with Crippen LogP contribution in [0.1, 0.15) is 118 Å². The van der Waals surface area contributed by atoms with E-state index in [0.29, 0.717) is 73.4 Å². The first-order valence-corrected chi connectivity index (χ1v) is 35.4. The smallest absolute Gasteiger partial charge is 0.384 e. The van der Waals surface area contributed by atoms with Crippen molar-refractivity contribution in [2.45, 2.75) is 101 Å². The second-order valence-electron chi connectivity index (χ2n) is 25.4. The molecule has 4 heterocycles. The molecule has 2 unspecified atom stereocenters. The van der Waals surface area contributed by atoms with Crippen LogP contribution < -0.4 is 9.80 Å². The molecular weight excluding hydrogens is 1420 g/mol. The number of halogens is 10. The van der Waals surface area contributed by atoms with Crippen molar-refractivity contribution in [2.24, 2.45) is 0 Å². The molecule has 0 spiro atoms. The SMILES string of the molecule is [2H]C1=C(SC([2H])([2H])c2cccc(F)c2F)N(CC(=O)N(Cc2ccc(-c3ccc(C(F)(F)F)cc3)cc2)C2CCN(CCOC([2H])([2H])[2H])CC2)c2c([2H])c([2H])c(C)c([2H])c2C1O.[2H]C1=C(SCc2cccc(F)c2F)N(CC(=O)N(C2CCN(CCOC([2H])([2H])[2H])CC2)C([2H])([2H])c2ccc(-c3ccc(C(F)(F)F)cc3)cc2)c2c([2H])c([2H])c(C)c([2H])c2C1O. The normalized spacial score (nSPS) is 19.9. The summed E-state index contributed by atoms with van der Waals surface area (Å²) >= 11 is 0.945. The first-order valence-electron chi connectivity index (χ1n) is 42.6. The number of hydrogen-bond donors (Lipinski definition) is 2. The number of rotatable bonds is 24. The number of piperidine rings is 2. The van der Waals surface area contributed by atoms with E-state index >= 15 is 4.39 Å². The van der Waals surface area contributed by atoms with Crippen molar-refractivity contribution < 1.29 is 97.9 Å². The summed E-state index contributed by atoms with van der Waals surface area (Å²) in [5.41, 5.74) is -3.71. The fourth-order valence-corrected chi connectivity index (χ4v) is 14.4. The van der Waals surface area contributed by atoms with Crippen LogP contribution >= 0.6 is 23.5 Å². The molecule has 2 amide bonds. The molecule has 2 fully saturated rings. The van der Waals surface area contributed by atoms with Gasteiger partial charge in [0, 0.05) is 126 Å². The summed E-state index contributed by atoms with van der Waals surface area (Å²) in [5.74, 6) is -6.94. The standard InChI is InChI=1S/2C41H42F5N3O3S/c2*1-27-6-15-36-34(22-27)37(50)23-39(53-26-31-4-3-5-35(42)40(31)43)49(36)25-38(51)48(33-16-18-47(19-17-33)20-21-52-2)24-28-7-9-29(10-8-28)30-11-13-32(14-12-30)41(44,45)46/h2*3-15,22-23,33,37,50H,16-21,24-26H2,1-2H3/i2D3,6D,15D,22D,23D,26D2;2D3,6D,15D,22D,23D,24D2. The highest BCUT2D eigenvalue weighted by atomic mass is 32.2. The van der Waals surface area contributed by atoms with Crippen molar-refractivity contribution in [1.82, 2.24) is 19.6 Å². The number of thioether (sulfide) groups is 2. The average Bonchev–Trinajstić information content (AvgIpc) is 0.733. The Balaban J connectivity index is 0.000000241. The Morgan fingerprint density at radius 3 is 1.41 bits per heavy atom. The lowest BCUT2D eigenvalue weighted by molar-refractivity contribution is -0.138. The number of aliphatic hydroxyl groups excluding tert-OH is 2. The van der Waals surface area contributed by atoms with Crippen LogP contribution in [-0.2, 0) is 55.9 Å². The predicted octanol–water partition coefficient (Wildman–Crippen LogP) is 17.5. The van der Waals surface area contributed by atoms with Crippen LogP contribution in [0.4, 0.5) is 55.3 Å². The fraction of sp³-hybridized carbons (Fsp3) is 0.341. The molecule has 8 aromatic rings. The van der Waals surface area contributed by atoms with Gasteiger partial charge in [-0.15, -0.1) is 23.5 Å². The maximum Gasteiger partial charge on any atom is 0.416 e. The van der Waals surface area contributed by atoms with Gasteiger partial charge in [-0.25, -0.2) is 17.6 Å². The molecule has 8 aromatic carbocycles. The van der Waals surface area contributed by atoms with E-state index in [1.807, 2.05) is 9.80 Å². The second-order valence-corrected chi connectivity index (χ2v) is 27.1. The van der Waals surface area contributed by atoms with Gasteiger partial charge in [0.2, 0.25) is 11.8 Å². The zero-order chi connectivity index (χ0) is 90.9. The van der Waals surface area contributed by atoms with Crippen LogP contribution in [-0.4, -0.2) is 133 Å². The molecule has 12 nitrogen and oxygen atoms in total. The lowest BCUT2D eigenvalue weighted by atomic mass is 9.99. The van der Waals surface area contributed by atoms with Crippen molar-refractivity contribution >= 4 is 46.7 Å². The molecule has 560 valence electrons. The topological polar surface area (TPSA) is 113 Å². The highest BCUT2D eigenvalue weighted by molar-refractivity contribution is 8.02. The number of likely N-dealkylation sites (tertiary alicyclic amines) is 2. The summed E-state index contributed by atoms with van der Waals surface area (Å²) in [6.45, 7) is 0.525. The van der Waals surface area contributed by atoms with E-state index in [9.17, 15) is 62.1 Å². The quantitative estimate of drug-likeness (QED) is 0.0562. The number of benzene rings is 8. The molecular formula is C82H84F10N6O6S2. The van der Waals surface area contributed by atoms with Gasteiger partial charge in [0.15, 0.2) is 23.3 Å². The third-order valence-electron chi connectivity index (χ3n) is 18.2. The summed E-state index contributed by atoms with van der Waals surface area (Å²) in [5, 5.41) is 22.2. The number of amides is 2. The molecule has 2 atom stereocenters. The van der Waals surface area contributed by atoms with Crippen LogP contribution in [0.15, 0.2) is 192 Å². The minimum atomic E-state index is -4.54. The van der Waals surface area contributed by atoms with Crippen molar-refractivity contribution in [1.29, 1.82) is 0 Å². The zero-order valence-corrected chi connectivity index (χ0v) is 58.8. The summed E-state index contributed by atoms with van der Waals surface area (Å²) in [6, 6.07) is 23.0. The minimum Gasteiger partial charge on any atom is -0.384 e. The summed E-state index contributed by atoms with van der Waals surface area (Å²) < 4.78 is 299. The Kier molecular flexibility index (Phi) is 19.3.